The van der Waals surface area contributed by atoms with Crippen molar-refractivity contribution in [3.8, 4) is 17.1 Å². The Morgan fingerprint density at radius 2 is 2.00 bits per heavy atom. The van der Waals surface area contributed by atoms with E-state index in [1.807, 2.05) is 56.1 Å². The van der Waals surface area contributed by atoms with E-state index in [4.69, 9.17) is 4.74 Å². The molecular weight excluding hydrogens is 368 g/mol. The zero-order valence-electron chi connectivity index (χ0n) is 17.6. The van der Waals surface area contributed by atoms with Crippen LogP contribution in [0.1, 0.15) is 46.6 Å². The topological polar surface area (TPSA) is 76.5 Å². The van der Waals surface area contributed by atoms with Crippen molar-refractivity contribution in [3.05, 3.63) is 36.7 Å². The summed E-state index contributed by atoms with van der Waals surface area (Å²) in [5.74, 6) is 1.51. The van der Waals surface area contributed by atoms with Crippen molar-refractivity contribution < 1.29 is 14.3 Å². The maximum Gasteiger partial charge on any atom is 0.258 e. The van der Waals surface area contributed by atoms with E-state index in [2.05, 4.69) is 21.8 Å². The van der Waals surface area contributed by atoms with Crippen LogP contribution < -0.4 is 10.1 Å². The number of nitrogens with one attached hydrogen (secondary N) is 1. The second kappa shape index (κ2) is 8.68. The number of carbonyl (C=O) groups excluding carboxylic acids is 2. The minimum Gasteiger partial charge on any atom is -0.484 e. The fraction of sp³-hybridized carbons (Fsp3) is 0.500. The Bertz CT molecular complexity index is 852. The average Bonchev–Trinajstić information content (AvgIpc) is 3.26. The first-order valence-corrected chi connectivity index (χ1v) is 10.1. The van der Waals surface area contributed by atoms with Gasteiger partial charge in [-0.15, -0.1) is 0 Å². The van der Waals surface area contributed by atoms with E-state index in [1.165, 1.54) is 0 Å². The Morgan fingerprint density at radius 3 is 2.66 bits per heavy atom. The van der Waals surface area contributed by atoms with Crippen LogP contribution in [0.2, 0.25) is 0 Å². The van der Waals surface area contributed by atoms with Gasteiger partial charge in [0.05, 0.1) is 6.04 Å². The van der Waals surface area contributed by atoms with Gasteiger partial charge in [0.1, 0.15) is 11.6 Å². The molecule has 7 nitrogen and oxygen atoms in total. The van der Waals surface area contributed by atoms with Gasteiger partial charge in [-0.2, -0.15) is 0 Å². The first kappa shape index (κ1) is 20.9. The minimum absolute atomic E-state index is 0.0251. The van der Waals surface area contributed by atoms with E-state index in [0.29, 0.717) is 12.2 Å². The summed E-state index contributed by atoms with van der Waals surface area (Å²) in [6.45, 7) is 9.38. The molecule has 1 aromatic carbocycles. The molecule has 0 saturated carbocycles. The van der Waals surface area contributed by atoms with Crippen LogP contribution in [0.4, 0.5) is 0 Å². The van der Waals surface area contributed by atoms with Crippen LogP contribution in [-0.2, 0) is 9.59 Å². The zero-order valence-corrected chi connectivity index (χ0v) is 17.6. The predicted octanol–water partition coefficient (Wildman–Crippen LogP) is 3.03. The second-order valence-electron chi connectivity index (χ2n) is 8.47. The molecule has 1 aliphatic heterocycles. The molecule has 2 heterocycles. The van der Waals surface area contributed by atoms with Gasteiger partial charge in [-0.05, 0) is 51.5 Å². The molecule has 1 atom stereocenters. The van der Waals surface area contributed by atoms with E-state index in [-0.39, 0.29) is 30.0 Å². The largest absolute Gasteiger partial charge is 0.484 e. The molecule has 29 heavy (non-hydrogen) atoms. The standard InChI is InChI=1S/C22H30N4O3/c1-5-11-25-14-17(13-20(25)28)26-12-10-23-21(26)16-6-8-18(9-7-16)29-15-19(27)24-22(2,3)4/h6-10,12,17H,5,11,13-15H2,1-4H3,(H,24,27). The van der Waals surface area contributed by atoms with Crippen LogP contribution in [0.3, 0.4) is 0 Å². The SMILES string of the molecule is CCCN1CC(n2ccnc2-c2ccc(OCC(=O)NC(C)(C)C)cc2)CC1=O. The Balaban J connectivity index is 1.65. The van der Waals surface area contributed by atoms with E-state index in [9.17, 15) is 9.59 Å². The van der Waals surface area contributed by atoms with Gasteiger partial charge in [0.15, 0.2) is 6.61 Å². The van der Waals surface area contributed by atoms with Gasteiger partial charge in [-0.25, -0.2) is 4.98 Å². The first-order valence-electron chi connectivity index (χ1n) is 10.1. The summed E-state index contributed by atoms with van der Waals surface area (Å²) in [5, 5.41) is 2.87. The Kier molecular flexibility index (Phi) is 6.25. The lowest BCUT2D eigenvalue weighted by Crippen LogP contribution is -2.43. The summed E-state index contributed by atoms with van der Waals surface area (Å²) in [4.78, 5) is 30.5. The fourth-order valence-electron chi connectivity index (χ4n) is 3.56. The summed E-state index contributed by atoms with van der Waals surface area (Å²) < 4.78 is 7.66. The summed E-state index contributed by atoms with van der Waals surface area (Å²) in [6, 6.07) is 7.62. The molecule has 1 aromatic heterocycles. The molecule has 2 aromatic rings. The van der Waals surface area contributed by atoms with E-state index < -0.39 is 0 Å². The number of hydrogen-bond acceptors (Lipinski definition) is 4. The van der Waals surface area contributed by atoms with Gasteiger partial charge < -0.3 is 19.5 Å². The van der Waals surface area contributed by atoms with E-state index >= 15 is 0 Å². The number of amides is 2. The van der Waals surface area contributed by atoms with Crippen molar-refractivity contribution in [1.82, 2.24) is 19.8 Å². The molecule has 0 radical (unpaired) electrons. The van der Waals surface area contributed by atoms with Gasteiger partial charge in [-0.3, -0.25) is 9.59 Å². The number of likely N-dealkylation sites (tertiary alicyclic amines) is 1. The number of benzene rings is 1. The highest BCUT2D eigenvalue weighted by atomic mass is 16.5. The molecule has 1 unspecified atom stereocenters. The molecule has 0 aliphatic carbocycles. The average molecular weight is 399 g/mol. The fourth-order valence-corrected chi connectivity index (χ4v) is 3.56. The minimum atomic E-state index is -0.282. The number of imidazole rings is 1. The zero-order chi connectivity index (χ0) is 21.0. The summed E-state index contributed by atoms with van der Waals surface area (Å²) >= 11 is 0. The molecule has 1 fully saturated rings. The number of nitrogens with zero attached hydrogens (tertiary/aromatic N) is 3. The van der Waals surface area contributed by atoms with Gasteiger partial charge >= 0.3 is 0 Å². The molecule has 3 rings (SSSR count). The molecule has 7 heteroatoms. The molecule has 156 valence electrons. The highest BCUT2D eigenvalue weighted by Gasteiger charge is 2.31. The van der Waals surface area contributed by atoms with E-state index in [1.54, 1.807) is 6.20 Å². The highest BCUT2D eigenvalue weighted by molar-refractivity contribution is 5.79. The number of rotatable bonds is 7. The maximum absolute atomic E-state index is 12.2. The third kappa shape index (κ3) is 5.37. The number of ether oxygens (including phenoxy) is 1. The van der Waals surface area contributed by atoms with Crippen LogP contribution in [0.15, 0.2) is 36.7 Å². The summed E-state index contributed by atoms with van der Waals surface area (Å²) in [7, 11) is 0. The van der Waals surface area contributed by atoms with Gasteiger partial charge in [0, 0.05) is 43.0 Å². The molecule has 1 aliphatic rings. The quantitative estimate of drug-likeness (QED) is 0.778. The van der Waals surface area contributed by atoms with Crippen LogP contribution in [0.25, 0.3) is 11.4 Å². The van der Waals surface area contributed by atoms with Crippen molar-refractivity contribution in [1.29, 1.82) is 0 Å². The number of carbonyl (C=O) groups is 2. The van der Waals surface area contributed by atoms with Gasteiger partial charge in [0.25, 0.3) is 5.91 Å². The normalized spacial score (nSPS) is 16.9. The van der Waals surface area contributed by atoms with Crippen molar-refractivity contribution in [2.24, 2.45) is 0 Å². The summed E-state index contributed by atoms with van der Waals surface area (Å²) in [6.07, 6.45) is 5.17. The van der Waals surface area contributed by atoms with Crippen molar-refractivity contribution >= 4 is 11.8 Å². The monoisotopic (exact) mass is 398 g/mol. The van der Waals surface area contributed by atoms with E-state index in [0.717, 1.165) is 30.9 Å². The molecule has 1 saturated heterocycles. The second-order valence-corrected chi connectivity index (χ2v) is 8.47. The lowest BCUT2D eigenvalue weighted by atomic mass is 10.1. The molecular formula is C22H30N4O3. The van der Waals surface area contributed by atoms with Gasteiger partial charge in [-0.1, -0.05) is 6.92 Å². The van der Waals surface area contributed by atoms with Crippen molar-refractivity contribution in [2.45, 2.75) is 52.1 Å². The van der Waals surface area contributed by atoms with Crippen LogP contribution in [-0.4, -0.2) is 51.5 Å². The third-order valence-electron chi connectivity index (χ3n) is 4.75. The Hall–Kier alpha value is -2.83. The number of hydrogen-bond donors (Lipinski definition) is 1. The van der Waals surface area contributed by atoms with Crippen molar-refractivity contribution in [3.63, 3.8) is 0 Å². The smallest absolute Gasteiger partial charge is 0.258 e. The predicted molar refractivity (Wildman–Crippen MR) is 112 cm³/mol. The van der Waals surface area contributed by atoms with Crippen molar-refractivity contribution in [2.75, 3.05) is 19.7 Å². The lowest BCUT2D eigenvalue weighted by molar-refractivity contribution is -0.127. The summed E-state index contributed by atoms with van der Waals surface area (Å²) in [5.41, 5.74) is 0.665. The molecule has 1 N–H and O–H groups in total. The molecule has 2 amide bonds. The maximum atomic E-state index is 12.2. The Labute approximate surface area is 172 Å². The number of aromatic nitrogens is 2. The van der Waals surface area contributed by atoms with Crippen LogP contribution in [0, 0.1) is 0 Å². The van der Waals surface area contributed by atoms with Gasteiger partial charge in [0.2, 0.25) is 5.91 Å². The molecule has 0 bridgehead atoms. The lowest BCUT2D eigenvalue weighted by Gasteiger charge is -2.20. The highest BCUT2D eigenvalue weighted by Crippen LogP contribution is 2.29. The first-order chi connectivity index (χ1) is 13.8. The molecule has 0 spiro atoms. The van der Waals surface area contributed by atoms with Crippen LogP contribution in [0.5, 0.6) is 5.75 Å². The van der Waals surface area contributed by atoms with Crippen LogP contribution >= 0.6 is 0 Å². The third-order valence-corrected chi connectivity index (χ3v) is 4.75. The Morgan fingerprint density at radius 1 is 1.28 bits per heavy atom.